The molecule has 0 N–H and O–H groups in total. The zero-order chi connectivity index (χ0) is 8.97. The predicted molar refractivity (Wildman–Crippen MR) is 52.0 cm³/mol. The van der Waals surface area contributed by atoms with Gasteiger partial charge in [-0.25, -0.2) is 4.79 Å². The minimum Gasteiger partial charge on any atom is -0.448 e. The zero-order valence-electron chi connectivity index (χ0n) is 6.16. The molecule has 12 heavy (non-hydrogen) atoms. The van der Waals surface area contributed by atoms with E-state index in [-0.39, 0.29) is 5.97 Å². The molecule has 0 aliphatic rings. The van der Waals surface area contributed by atoms with Crippen molar-refractivity contribution in [3.8, 4) is 0 Å². The van der Waals surface area contributed by atoms with Crippen LogP contribution in [0, 0.1) is 0 Å². The second-order valence-electron chi connectivity index (χ2n) is 2.07. The van der Waals surface area contributed by atoms with Crippen molar-refractivity contribution in [2.45, 2.75) is 5.33 Å². The summed E-state index contributed by atoms with van der Waals surface area (Å²) in [5.41, 5.74) is 1.36. The number of halogens is 1. The van der Waals surface area contributed by atoms with Crippen molar-refractivity contribution in [1.82, 2.24) is 4.98 Å². The lowest BCUT2D eigenvalue weighted by Gasteiger charge is -2.02. The molecule has 1 unspecified atom stereocenters. The summed E-state index contributed by atoms with van der Waals surface area (Å²) >= 11 is 3.26. The molecule has 1 atom stereocenters. The van der Waals surface area contributed by atoms with Gasteiger partial charge in [0.1, 0.15) is 0 Å². The van der Waals surface area contributed by atoms with Gasteiger partial charge in [-0.2, -0.15) is 0 Å². The van der Waals surface area contributed by atoms with Gasteiger partial charge in [0.05, 0.1) is 15.0 Å². The molecule has 3 nitrogen and oxygen atoms in total. The number of pyridine rings is 1. The average Bonchev–Trinajstić information content (AvgIpc) is 2.16. The monoisotopic (exact) mass is 247 g/mol. The quantitative estimate of drug-likeness (QED) is 0.592. The van der Waals surface area contributed by atoms with Gasteiger partial charge in [-0.05, 0) is 11.6 Å². The van der Waals surface area contributed by atoms with Gasteiger partial charge < -0.3 is 4.52 Å². The number of carbonyl (C=O) groups excluding carboxylic acids is 1. The van der Waals surface area contributed by atoms with Crippen molar-refractivity contribution in [1.29, 1.82) is 0 Å². The van der Waals surface area contributed by atoms with E-state index in [0.717, 1.165) is 5.56 Å². The second-order valence-corrected chi connectivity index (χ2v) is 2.87. The van der Waals surface area contributed by atoms with Gasteiger partial charge in [0.2, 0.25) is 0 Å². The van der Waals surface area contributed by atoms with Gasteiger partial charge in [0.15, 0.2) is 0 Å². The standard InChI is InChI=1S/C7H7BrNO2P/c8-3-5-1-2-9-4-6(5)7(10)11-12/h1-2,4H,3,12H2. The Labute approximate surface area is 80.9 Å². The lowest BCUT2D eigenvalue weighted by Crippen LogP contribution is -2.02. The first-order valence-electron chi connectivity index (χ1n) is 3.19. The number of aromatic nitrogens is 1. The first-order valence-corrected chi connectivity index (χ1v) is 4.78. The Morgan fingerprint density at radius 1 is 1.75 bits per heavy atom. The van der Waals surface area contributed by atoms with Crippen LogP contribution >= 0.6 is 25.4 Å². The molecule has 0 bridgehead atoms. The summed E-state index contributed by atoms with van der Waals surface area (Å²) in [6.07, 6.45) is 3.12. The molecule has 1 aromatic heterocycles. The molecule has 64 valence electrons. The van der Waals surface area contributed by atoms with E-state index in [1.807, 2.05) is 9.47 Å². The van der Waals surface area contributed by atoms with E-state index in [1.165, 1.54) is 6.20 Å². The van der Waals surface area contributed by atoms with E-state index in [4.69, 9.17) is 0 Å². The third kappa shape index (κ3) is 2.02. The molecule has 0 saturated heterocycles. The number of rotatable bonds is 2. The Hall–Kier alpha value is -0.470. The molecular weight excluding hydrogens is 241 g/mol. The highest BCUT2D eigenvalue weighted by molar-refractivity contribution is 9.08. The number of nitrogens with zero attached hydrogens (tertiary/aromatic N) is 1. The smallest absolute Gasteiger partial charge is 0.342 e. The number of hydrogen-bond acceptors (Lipinski definition) is 3. The highest BCUT2D eigenvalue weighted by Crippen LogP contribution is 2.12. The van der Waals surface area contributed by atoms with Gasteiger partial charge in [-0.15, -0.1) is 0 Å². The summed E-state index contributed by atoms with van der Waals surface area (Å²) in [7, 11) is 1.92. The van der Waals surface area contributed by atoms with Crippen LogP contribution in [0.5, 0.6) is 0 Å². The van der Waals surface area contributed by atoms with Crippen molar-refractivity contribution in [3.05, 3.63) is 29.6 Å². The third-order valence-electron chi connectivity index (χ3n) is 1.38. The van der Waals surface area contributed by atoms with Crippen LogP contribution in [0.4, 0.5) is 0 Å². The van der Waals surface area contributed by atoms with E-state index >= 15 is 0 Å². The first kappa shape index (κ1) is 9.62. The molecular formula is C7H7BrNO2P. The minimum atomic E-state index is -0.387. The van der Waals surface area contributed by atoms with Crippen molar-refractivity contribution in [2.75, 3.05) is 0 Å². The molecule has 1 rings (SSSR count). The molecule has 0 spiro atoms. The Morgan fingerprint density at radius 2 is 2.50 bits per heavy atom. The van der Waals surface area contributed by atoms with E-state index in [2.05, 4.69) is 25.4 Å². The lowest BCUT2D eigenvalue weighted by atomic mass is 10.2. The molecule has 0 radical (unpaired) electrons. The topological polar surface area (TPSA) is 39.2 Å². The summed E-state index contributed by atoms with van der Waals surface area (Å²) < 4.78 is 4.50. The van der Waals surface area contributed by atoms with Crippen LogP contribution in [0.2, 0.25) is 0 Å². The van der Waals surface area contributed by atoms with E-state index in [1.54, 1.807) is 12.3 Å². The van der Waals surface area contributed by atoms with Crippen LogP contribution in [0.3, 0.4) is 0 Å². The van der Waals surface area contributed by atoms with E-state index in [0.29, 0.717) is 10.9 Å². The van der Waals surface area contributed by atoms with Crippen LogP contribution < -0.4 is 0 Å². The van der Waals surface area contributed by atoms with Gasteiger partial charge in [0.25, 0.3) is 0 Å². The Kier molecular flexibility index (Phi) is 3.63. The maximum atomic E-state index is 11.1. The fraction of sp³-hybridized carbons (Fsp3) is 0.143. The molecule has 0 amide bonds. The lowest BCUT2D eigenvalue weighted by molar-refractivity contribution is 0.0764. The highest BCUT2D eigenvalue weighted by Gasteiger charge is 2.09. The van der Waals surface area contributed by atoms with Gasteiger partial charge >= 0.3 is 5.97 Å². The van der Waals surface area contributed by atoms with Gasteiger partial charge in [-0.1, -0.05) is 15.9 Å². The zero-order valence-corrected chi connectivity index (χ0v) is 8.90. The van der Waals surface area contributed by atoms with Crippen molar-refractivity contribution >= 4 is 31.4 Å². The average molecular weight is 248 g/mol. The number of hydrogen-bond donors (Lipinski definition) is 0. The van der Waals surface area contributed by atoms with Crippen LogP contribution in [-0.2, 0) is 9.85 Å². The summed E-state index contributed by atoms with van der Waals surface area (Å²) in [5, 5.41) is 0.616. The molecule has 0 aromatic carbocycles. The van der Waals surface area contributed by atoms with Crippen molar-refractivity contribution in [2.24, 2.45) is 0 Å². The molecule has 0 fully saturated rings. The summed E-state index contributed by atoms with van der Waals surface area (Å²) in [6, 6.07) is 1.77. The Balaban J connectivity index is 3.04. The summed E-state index contributed by atoms with van der Waals surface area (Å²) in [6.45, 7) is 0. The maximum Gasteiger partial charge on any atom is 0.342 e. The maximum absolute atomic E-state index is 11.1. The summed E-state index contributed by atoms with van der Waals surface area (Å²) in [4.78, 5) is 14.9. The molecule has 5 heteroatoms. The third-order valence-corrected chi connectivity index (χ3v) is 2.20. The Morgan fingerprint density at radius 3 is 3.08 bits per heavy atom. The highest BCUT2D eigenvalue weighted by atomic mass is 79.9. The van der Waals surface area contributed by atoms with E-state index in [9.17, 15) is 4.79 Å². The van der Waals surface area contributed by atoms with Crippen molar-refractivity contribution in [3.63, 3.8) is 0 Å². The minimum absolute atomic E-state index is 0.387. The molecule has 1 heterocycles. The van der Waals surface area contributed by atoms with Crippen LogP contribution in [-0.4, -0.2) is 11.0 Å². The SMILES string of the molecule is O=C(OP)c1cnccc1CBr. The van der Waals surface area contributed by atoms with Crippen molar-refractivity contribution < 1.29 is 9.32 Å². The fourth-order valence-electron chi connectivity index (χ4n) is 0.787. The normalized spacial score (nSPS) is 9.50. The molecule has 1 aromatic rings. The molecule has 0 aliphatic heterocycles. The van der Waals surface area contributed by atoms with Gasteiger partial charge in [-0.3, -0.25) is 4.98 Å². The number of carbonyl (C=O) groups is 1. The number of alkyl halides is 1. The van der Waals surface area contributed by atoms with Crippen LogP contribution in [0.25, 0.3) is 0 Å². The van der Waals surface area contributed by atoms with Gasteiger partial charge in [0, 0.05) is 17.7 Å². The molecule has 0 aliphatic carbocycles. The molecule has 0 saturated carbocycles. The van der Waals surface area contributed by atoms with E-state index < -0.39 is 0 Å². The summed E-state index contributed by atoms with van der Waals surface area (Å²) in [5.74, 6) is -0.387. The van der Waals surface area contributed by atoms with Crippen LogP contribution in [0.15, 0.2) is 18.5 Å². The fourth-order valence-corrected chi connectivity index (χ4v) is 1.40. The largest absolute Gasteiger partial charge is 0.448 e. The Bertz CT molecular complexity index is 292. The van der Waals surface area contributed by atoms with Crippen LogP contribution in [0.1, 0.15) is 15.9 Å². The second kappa shape index (κ2) is 4.53. The predicted octanol–water partition coefficient (Wildman–Crippen LogP) is 1.92. The first-order chi connectivity index (χ1) is 5.79.